The minimum Gasteiger partial charge on any atom is -0.488 e. The minimum atomic E-state index is -0.775. The summed E-state index contributed by atoms with van der Waals surface area (Å²) in [6, 6.07) is 14.7. The number of benzene rings is 2. The smallest absolute Gasteiger partial charge is 0.303 e. The van der Waals surface area contributed by atoms with Crippen molar-refractivity contribution in [3.8, 4) is 5.75 Å². The maximum Gasteiger partial charge on any atom is 0.303 e. The molecule has 0 atom stereocenters. The first-order valence-electron chi connectivity index (χ1n) is 13.2. The van der Waals surface area contributed by atoms with Crippen molar-refractivity contribution in [3.63, 3.8) is 0 Å². The van der Waals surface area contributed by atoms with Crippen LogP contribution in [0, 0.1) is 0 Å². The molecule has 1 saturated heterocycles. The Morgan fingerprint density at radius 2 is 1.69 bits per heavy atom. The van der Waals surface area contributed by atoms with Gasteiger partial charge in [-0.15, -0.1) is 0 Å². The minimum absolute atomic E-state index is 0.0993. The van der Waals surface area contributed by atoms with E-state index in [9.17, 15) is 9.59 Å². The van der Waals surface area contributed by atoms with E-state index in [1.165, 1.54) is 12.8 Å². The van der Waals surface area contributed by atoms with E-state index in [2.05, 4.69) is 22.3 Å². The van der Waals surface area contributed by atoms with Gasteiger partial charge in [-0.1, -0.05) is 55.3 Å². The molecule has 0 radical (unpaired) electrons. The molecule has 2 fully saturated rings. The topological polar surface area (TPSA) is 78.9 Å². The molecule has 6 heteroatoms. The number of hydrogen-bond acceptors (Lipinski definition) is 4. The second-order valence-electron chi connectivity index (χ2n) is 9.77. The number of rotatable bonds is 11. The molecule has 1 saturated carbocycles. The summed E-state index contributed by atoms with van der Waals surface area (Å²) in [5.74, 6) is 0.104. The Hall–Kier alpha value is -2.86. The van der Waals surface area contributed by atoms with Gasteiger partial charge in [-0.05, 0) is 69.5 Å². The van der Waals surface area contributed by atoms with Gasteiger partial charge in [-0.2, -0.15) is 0 Å². The molecule has 1 heterocycles. The third kappa shape index (κ3) is 6.85. The summed E-state index contributed by atoms with van der Waals surface area (Å²) >= 11 is 0. The van der Waals surface area contributed by atoms with Crippen molar-refractivity contribution < 1.29 is 19.4 Å². The fraction of sp³-hybridized carbons (Fsp3) is 0.517. The number of carboxylic acid groups (broad SMARTS) is 1. The molecule has 1 aliphatic heterocycles. The predicted molar refractivity (Wildman–Crippen MR) is 139 cm³/mol. The van der Waals surface area contributed by atoms with Crippen LogP contribution in [0.5, 0.6) is 5.75 Å². The average molecular weight is 479 g/mol. The largest absolute Gasteiger partial charge is 0.488 e. The van der Waals surface area contributed by atoms with Crippen LogP contribution < -0.4 is 10.1 Å². The van der Waals surface area contributed by atoms with Crippen LogP contribution in [0.3, 0.4) is 0 Å². The van der Waals surface area contributed by atoms with E-state index in [0.717, 1.165) is 61.7 Å². The number of carboxylic acids is 1. The average Bonchev–Trinajstić information content (AvgIpc) is 3.40. The van der Waals surface area contributed by atoms with Crippen molar-refractivity contribution in [2.45, 2.75) is 76.3 Å². The number of nitrogens with one attached hydrogen (secondary N) is 1. The maximum absolute atomic E-state index is 14.0. The second-order valence-corrected chi connectivity index (χ2v) is 9.77. The van der Waals surface area contributed by atoms with Gasteiger partial charge in [-0.25, -0.2) is 0 Å². The van der Waals surface area contributed by atoms with Crippen molar-refractivity contribution in [3.05, 3.63) is 54.1 Å². The van der Waals surface area contributed by atoms with Crippen molar-refractivity contribution in [1.29, 1.82) is 0 Å². The molecule has 2 N–H and O–H groups in total. The number of ether oxygens (including phenoxy) is 1. The highest BCUT2D eigenvalue weighted by Gasteiger charge is 2.34. The Bertz CT molecular complexity index is 1020. The number of piperidine rings is 1. The number of unbranched alkanes of at least 4 members (excludes halogenated alkanes) is 2. The van der Waals surface area contributed by atoms with Gasteiger partial charge in [0.15, 0.2) is 0 Å². The molecule has 0 unspecified atom stereocenters. The van der Waals surface area contributed by atoms with Gasteiger partial charge >= 0.3 is 5.97 Å². The molecule has 0 bridgehead atoms. The van der Waals surface area contributed by atoms with Gasteiger partial charge in [0.2, 0.25) is 0 Å². The van der Waals surface area contributed by atoms with E-state index in [4.69, 9.17) is 9.84 Å². The van der Waals surface area contributed by atoms with Crippen LogP contribution in [0.2, 0.25) is 0 Å². The molecular weight excluding hydrogens is 440 g/mol. The fourth-order valence-corrected chi connectivity index (χ4v) is 5.44. The van der Waals surface area contributed by atoms with E-state index in [1.54, 1.807) is 0 Å². The van der Waals surface area contributed by atoms with E-state index in [1.807, 2.05) is 36.4 Å². The molecule has 1 amide bonds. The summed E-state index contributed by atoms with van der Waals surface area (Å²) < 4.78 is 6.28. The zero-order valence-electron chi connectivity index (χ0n) is 20.6. The molecular formula is C29H38N2O4. The summed E-state index contributed by atoms with van der Waals surface area (Å²) in [4.78, 5) is 27.1. The van der Waals surface area contributed by atoms with Gasteiger partial charge in [0.05, 0.1) is 5.57 Å². The van der Waals surface area contributed by atoms with Gasteiger partial charge in [-0.3, -0.25) is 9.59 Å². The summed E-state index contributed by atoms with van der Waals surface area (Å²) in [6.45, 7) is 2.11. The van der Waals surface area contributed by atoms with E-state index < -0.39 is 5.97 Å². The summed E-state index contributed by atoms with van der Waals surface area (Å²) in [7, 11) is 0. The van der Waals surface area contributed by atoms with Gasteiger partial charge in [0.1, 0.15) is 12.4 Å². The third-order valence-corrected chi connectivity index (χ3v) is 7.30. The van der Waals surface area contributed by atoms with Crippen molar-refractivity contribution in [2.75, 3.05) is 19.7 Å². The van der Waals surface area contributed by atoms with Crippen LogP contribution in [0.15, 0.2) is 54.1 Å². The van der Waals surface area contributed by atoms with Gasteiger partial charge in [0.25, 0.3) is 5.91 Å². The lowest BCUT2D eigenvalue weighted by molar-refractivity contribution is -0.137. The molecule has 6 nitrogen and oxygen atoms in total. The van der Waals surface area contributed by atoms with E-state index in [-0.39, 0.29) is 25.0 Å². The molecule has 2 aliphatic rings. The first kappa shape index (κ1) is 25.2. The normalized spacial score (nSPS) is 17.5. The fourth-order valence-electron chi connectivity index (χ4n) is 5.44. The second kappa shape index (κ2) is 12.7. The summed E-state index contributed by atoms with van der Waals surface area (Å²) in [6.07, 6.45) is 10.7. The Kier molecular flexibility index (Phi) is 9.18. The van der Waals surface area contributed by atoms with Crippen molar-refractivity contribution in [1.82, 2.24) is 10.2 Å². The highest BCUT2D eigenvalue weighted by atomic mass is 16.5. The SMILES string of the molecule is O=C(O)CCCC/C=C(\COc1cccc2ccccc12)C(=O)N(C1CCCC1)C1CCNCC1. The van der Waals surface area contributed by atoms with Gasteiger partial charge < -0.3 is 20.1 Å². The van der Waals surface area contributed by atoms with Crippen molar-refractivity contribution >= 4 is 22.6 Å². The number of aliphatic carboxylic acids is 1. The predicted octanol–water partition coefficient (Wildman–Crippen LogP) is 5.31. The third-order valence-electron chi connectivity index (χ3n) is 7.30. The molecule has 2 aromatic carbocycles. The lowest BCUT2D eigenvalue weighted by Gasteiger charge is -2.39. The first-order valence-corrected chi connectivity index (χ1v) is 13.2. The number of nitrogens with zero attached hydrogens (tertiary/aromatic N) is 1. The summed E-state index contributed by atoms with van der Waals surface area (Å²) in [5, 5.41) is 14.5. The standard InChI is InChI=1S/C29H38N2O4/c32-28(33)16-3-1-2-10-23(21-35-27-15-8-11-22-9-4-7-14-26(22)27)29(34)31(24-12-5-6-13-24)25-17-19-30-20-18-25/h4,7-11,14-15,24-25,30H,1-3,5-6,12-13,16-21H2,(H,32,33)/b23-10+. The lowest BCUT2D eigenvalue weighted by atomic mass is 9.99. The lowest BCUT2D eigenvalue weighted by Crippen LogP contribution is -2.51. The molecule has 1 aliphatic carbocycles. The number of amides is 1. The quantitative estimate of drug-likeness (QED) is 0.338. The van der Waals surface area contributed by atoms with Gasteiger partial charge in [0, 0.05) is 23.9 Å². The Morgan fingerprint density at radius 1 is 0.971 bits per heavy atom. The Labute approximate surface area is 208 Å². The highest BCUT2D eigenvalue weighted by molar-refractivity contribution is 5.94. The number of fused-ring (bicyclic) bond motifs is 1. The van der Waals surface area contributed by atoms with Crippen LogP contribution >= 0.6 is 0 Å². The zero-order valence-corrected chi connectivity index (χ0v) is 20.6. The van der Waals surface area contributed by atoms with Crippen molar-refractivity contribution in [2.24, 2.45) is 0 Å². The van der Waals surface area contributed by atoms with E-state index >= 15 is 0 Å². The van der Waals surface area contributed by atoms with Crippen LogP contribution in [0.4, 0.5) is 0 Å². The van der Waals surface area contributed by atoms with Crippen LogP contribution in [0.25, 0.3) is 10.8 Å². The van der Waals surface area contributed by atoms with Crippen LogP contribution in [0.1, 0.15) is 64.2 Å². The number of allylic oxidation sites excluding steroid dienone is 1. The Balaban J connectivity index is 1.54. The monoisotopic (exact) mass is 478 g/mol. The first-order chi connectivity index (χ1) is 17.1. The number of carbonyl (C=O) groups excluding carboxylic acids is 1. The zero-order chi connectivity index (χ0) is 24.5. The molecule has 0 aromatic heterocycles. The Morgan fingerprint density at radius 3 is 2.46 bits per heavy atom. The van der Waals surface area contributed by atoms with E-state index in [0.29, 0.717) is 24.5 Å². The molecule has 0 spiro atoms. The van der Waals surface area contributed by atoms with Crippen LogP contribution in [-0.2, 0) is 9.59 Å². The highest BCUT2D eigenvalue weighted by Crippen LogP contribution is 2.30. The molecule has 188 valence electrons. The summed E-state index contributed by atoms with van der Waals surface area (Å²) in [5.41, 5.74) is 0.693. The number of carbonyl (C=O) groups is 2. The molecule has 35 heavy (non-hydrogen) atoms. The maximum atomic E-state index is 14.0. The molecule has 2 aromatic rings. The molecule has 4 rings (SSSR count). The van der Waals surface area contributed by atoms with Crippen LogP contribution in [-0.4, -0.2) is 53.7 Å². The number of hydrogen-bond donors (Lipinski definition) is 2.